The van der Waals surface area contributed by atoms with Crippen LogP contribution < -0.4 is 0 Å². The molecule has 1 saturated heterocycles. The monoisotopic (exact) mass is 233 g/mol. The number of likely N-dealkylation sites (tertiary alicyclic amines) is 1. The molecule has 0 aliphatic carbocycles. The molecule has 0 radical (unpaired) electrons. The molecule has 0 aromatic rings. The number of hydrogen-bond acceptors (Lipinski definition) is 1. The maximum Gasteiger partial charge on any atom is 0.233 e. The zero-order valence-corrected chi connectivity index (χ0v) is 9.30. The average Bonchev–Trinajstić information content (AvgIpc) is 2.03. The van der Waals surface area contributed by atoms with Gasteiger partial charge in [0, 0.05) is 12.1 Å². The minimum Gasteiger partial charge on any atom is -0.337 e. The number of carbonyl (C=O) groups excluding carboxylic acids is 1. The van der Waals surface area contributed by atoms with E-state index in [4.69, 9.17) is 0 Å². The smallest absolute Gasteiger partial charge is 0.233 e. The van der Waals surface area contributed by atoms with Gasteiger partial charge in [0.05, 0.1) is 5.33 Å². The van der Waals surface area contributed by atoms with Crippen LogP contribution in [0.3, 0.4) is 0 Å². The molecule has 0 bridgehead atoms. The van der Waals surface area contributed by atoms with Gasteiger partial charge >= 0.3 is 0 Å². The summed E-state index contributed by atoms with van der Waals surface area (Å²) in [4.78, 5) is 13.5. The maximum absolute atomic E-state index is 11.5. The molecule has 0 saturated carbocycles. The predicted molar refractivity (Wildman–Crippen MR) is 53.4 cm³/mol. The zero-order chi connectivity index (χ0) is 9.14. The largest absolute Gasteiger partial charge is 0.337 e. The second kappa shape index (κ2) is 4.26. The van der Waals surface area contributed by atoms with Crippen molar-refractivity contribution in [2.75, 3.05) is 5.33 Å². The molecular formula is C9H16BrNO. The molecule has 0 spiro atoms. The van der Waals surface area contributed by atoms with Crippen molar-refractivity contribution in [3.8, 4) is 0 Å². The van der Waals surface area contributed by atoms with Crippen molar-refractivity contribution < 1.29 is 4.79 Å². The highest BCUT2D eigenvalue weighted by Crippen LogP contribution is 2.22. The van der Waals surface area contributed by atoms with Crippen LogP contribution in [-0.4, -0.2) is 28.2 Å². The number of amides is 1. The van der Waals surface area contributed by atoms with E-state index < -0.39 is 0 Å². The second-order valence-electron chi connectivity index (χ2n) is 3.56. The summed E-state index contributed by atoms with van der Waals surface area (Å²) >= 11 is 3.21. The Hall–Kier alpha value is -0.0500. The summed E-state index contributed by atoms with van der Waals surface area (Å²) in [6.45, 7) is 4.27. The Morgan fingerprint density at radius 3 is 2.33 bits per heavy atom. The summed E-state index contributed by atoms with van der Waals surface area (Å²) in [7, 11) is 0. The summed E-state index contributed by atoms with van der Waals surface area (Å²) in [5.41, 5.74) is 0. The molecule has 0 unspecified atom stereocenters. The van der Waals surface area contributed by atoms with Crippen molar-refractivity contribution in [1.82, 2.24) is 4.90 Å². The van der Waals surface area contributed by atoms with Gasteiger partial charge in [0.15, 0.2) is 0 Å². The fraction of sp³-hybridized carbons (Fsp3) is 0.889. The topological polar surface area (TPSA) is 20.3 Å². The lowest BCUT2D eigenvalue weighted by Gasteiger charge is -2.38. The van der Waals surface area contributed by atoms with Gasteiger partial charge in [-0.15, -0.1) is 0 Å². The number of nitrogens with zero attached hydrogens (tertiary/aromatic N) is 1. The molecule has 1 amide bonds. The van der Waals surface area contributed by atoms with Gasteiger partial charge in [0.2, 0.25) is 5.91 Å². The standard InChI is InChI=1S/C9H16BrNO/c1-7-4-3-5-8(2)11(7)9(12)6-10/h7-8H,3-6H2,1-2H3/t7-,8+. The van der Waals surface area contributed by atoms with Gasteiger partial charge in [0.1, 0.15) is 0 Å². The molecule has 1 aliphatic rings. The average molecular weight is 234 g/mol. The fourth-order valence-corrected chi connectivity index (χ4v) is 2.27. The fourth-order valence-electron chi connectivity index (χ4n) is 1.98. The summed E-state index contributed by atoms with van der Waals surface area (Å²) in [6.07, 6.45) is 3.57. The molecule has 3 heteroatoms. The third-order valence-electron chi connectivity index (χ3n) is 2.60. The van der Waals surface area contributed by atoms with Crippen LogP contribution in [-0.2, 0) is 4.79 Å². The number of alkyl halides is 1. The van der Waals surface area contributed by atoms with E-state index in [-0.39, 0.29) is 5.91 Å². The Kier molecular flexibility index (Phi) is 3.56. The second-order valence-corrected chi connectivity index (χ2v) is 4.12. The van der Waals surface area contributed by atoms with Crippen molar-refractivity contribution in [3.05, 3.63) is 0 Å². The van der Waals surface area contributed by atoms with E-state index in [1.54, 1.807) is 0 Å². The van der Waals surface area contributed by atoms with Crippen LogP contribution in [0.2, 0.25) is 0 Å². The minimum atomic E-state index is 0.231. The SMILES string of the molecule is C[C@@H]1CCC[C@H](C)N1C(=O)CBr. The molecule has 1 fully saturated rings. The molecule has 1 aliphatic heterocycles. The minimum absolute atomic E-state index is 0.231. The quantitative estimate of drug-likeness (QED) is 0.637. The van der Waals surface area contributed by atoms with E-state index in [1.807, 2.05) is 4.90 Å². The van der Waals surface area contributed by atoms with Crippen LogP contribution in [0.25, 0.3) is 0 Å². The first-order valence-corrected chi connectivity index (χ1v) is 5.66. The molecule has 0 aromatic carbocycles. The van der Waals surface area contributed by atoms with Crippen LogP contribution in [0.4, 0.5) is 0 Å². The van der Waals surface area contributed by atoms with Gasteiger partial charge < -0.3 is 4.90 Å². The lowest BCUT2D eigenvalue weighted by molar-refractivity contribution is -0.134. The highest BCUT2D eigenvalue weighted by atomic mass is 79.9. The lowest BCUT2D eigenvalue weighted by Crippen LogP contribution is -2.48. The first-order chi connectivity index (χ1) is 5.66. The number of rotatable bonds is 1. The highest BCUT2D eigenvalue weighted by Gasteiger charge is 2.27. The Bertz CT molecular complexity index is 162. The molecule has 2 atom stereocenters. The summed E-state index contributed by atoms with van der Waals surface area (Å²) in [6, 6.07) is 0.859. The lowest BCUT2D eigenvalue weighted by atomic mass is 9.98. The molecule has 0 aromatic heterocycles. The first-order valence-electron chi connectivity index (χ1n) is 4.54. The normalized spacial score (nSPS) is 30.4. The van der Waals surface area contributed by atoms with Crippen molar-refractivity contribution in [2.45, 2.75) is 45.2 Å². The van der Waals surface area contributed by atoms with Gasteiger partial charge in [-0.05, 0) is 33.1 Å². The number of carbonyl (C=O) groups is 1. The molecular weight excluding hydrogens is 218 g/mol. The van der Waals surface area contributed by atoms with Gasteiger partial charge in [-0.25, -0.2) is 0 Å². The number of piperidine rings is 1. The van der Waals surface area contributed by atoms with Crippen molar-refractivity contribution in [1.29, 1.82) is 0 Å². The summed E-state index contributed by atoms with van der Waals surface area (Å²) < 4.78 is 0. The van der Waals surface area contributed by atoms with E-state index in [1.165, 1.54) is 6.42 Å². The third-order valence-corrected chi connectivity index (χ3v) is 3.08. The van der Waals surface area contributed by atoms with Crippen molar-refractivity contribution in [2.24, 2.45) is 0 Å². The van der Waals surface area contributed by atoms with Crippen LogP contribution in [0.1, 0.15) is 33.1 Å². The van der Waals surface area contributed by atoms with E-state index in [0.29, 0.717) is 17.4 Å². The van der Waals surface area contributed by atoms with Gasteiger partial charge in [-0.3, -0.25) is 4.79 Å². The molecule has 1 heterocycles. The van der Waals surface area contributed by atoms with Gasteiger partial charge in [-0.2, -0.15) is 0 Å². The van der Waals surface area contributed by atoms with Crippen LogP contribution in [0.5, 0.6) is 0 Å². The summed E-state index contributed by atoms with van der Waals surface area (Å²) in [5, 5.41) is 0.460. The van der Waals surface area contributed by atoms with Crippen LogP contribution in [0.15, 0.2) is 0 Å². The molecule has 2 nitrogen and oxygen atoms in total. The van der Waals surface area contributed by atoms with E-state index in [0.717, 1.165) is 12.8 Å². The Morgan fingerprint density at radius 2 is 1.92 bits per heavy atom. The molecule has 12 heavy (non-hydrogen) atoms. The number of halogens is 1. The van der Waals surface area contributed by atoms with E-state index in [9.17, 15) is 4.79 Å². The van der Waals surface area contributed by atoms with Crippen molar-refractivity contribution in [3.63, 3.8) is 0 Å². The highest BCUT2D eigenvalue weighted by molar-refractivity contribution is 9.09. The first kappa shape index (κ1) is 10.0. The Morgan fingerprint density at radius 1 is 1.42 bits per heavy atom. The molecule has 1 rings (SSSR count). The Balaban J connectivity index is 2.62. The number of hydrogen-bond donors (Lipinski definition) is 0. The maximum atomic E-state index is 11.5. The van der Waals surface area contributed by atoms with E-state index in [2.05, 4.69) is 29.8 Å². The predicted octanol–water partition coefficient (Wildman–Crippen LogP) is 2.17. The van der Waals surface area contributed by atoms with Crippen LogP contribution >= 0.6 is 15.9 Å². The van der Waals surface area contributed by atoms with Gasteiger partial charge in [-0.1, -0.05) is 15.9 Å². The zero-order valence-electron chi connectivity index (χ0n) is 7.72. The summed E-state index contributed by atoms with van der Waals surface area (Å²) in [5.74, 6) is 0.231. The Labute approximate surface area is 82.4 Å². The van der Waals surface area contributed by atoms with Gasteiger partial charge in [0.25, 0.3) is 0 Å². The molecule has 0 N–H and O–H groups in total. The third kappa shape index (κ3) is 2.00. The molecule has 70 valence electrons. The van der Waals surface area contributed by atoms with E-state index >= 15 is 0 Å². The van der Waals surface area contributed by atoms with Crippen molar-refractivity contribution >= 4 is 21.8 Å². The van der Waals surface area contributed by atoms with Crippen LogP contribution in [0, 0.1) is 0 Å².